The Labute approximate surface area is 80.6 Å². The number of allylic oxidation sites excluding steroid dienone is 1. The van der Waals surface area contributed by atoms with Gasteiger partial charge in [-0.15, -0.1) is 0 Å². The van der Waals surface area contributed by atoms with E-state index in [1.165, 1.54) is 6.08 Å². The number of rotatable bonds is 2. The number of hydrogen-bond acceptors (Lipinski definition) is 3. The molecule has 0 atom stereocenters. The van der Waals surface area contributed by atoms with Gasteiger partial charge in [0.2, 0.25) is 0 Å². The van der Waals surface area contributed by atoms with Crippen LogP contribution >= 0.6 is 11.8 Å². The summed E-state index contributed by atoms with van der Waals surface area (Å²) in [6, 6.07) is 5.49. The highest BCUT2D eigenvalue weighted by Crippen LogP contribution is 2.38. The molecule has 2 rings (SSSR count). The molecule has 0 fully saturated rings. The Balaban J connectivity index is 2.53. The van der Waals surface area contributed by atoms with Gasteiger partial charge in [0.15, 0.2) is 5.78 Å². The first-order valence-corrected chi connectivity index (χ1v) is 4.87. The number of hydrogen-bond donors (Lipinski definition) is 0. The molecule has 0 spiro atoms. The molecule has 0 unspecified atom stereocenters. The number of carbonyl (C=O) groups excluding carboxylic acids is 1. The van der Waals surface area contributed by atoms with Crippen molar-refractivity contribution in [3.63, 3.8) is 0 Å². The van der Waals surface area contributed by atoms with Gasteiger partial charge in [0.05, 0.1) is 4.90 Å². The minimum atomic E-state index is -0.0464. The zero-order chi connectivity index (χ0) is 9.26. The van der Waals surface area contributed by atoms with Crippen LogP contribution in [0.5, 0.6) is 5.75 Å². The molecule has 0 saturated carbocycles. The number of fused-ring (bicyclic) bond motifs is 1. The van der Waals surface area contributed by atoms with E-state index in [0.29, 0.717) is 11.5 Å². The van der Waals surface area contributed by atoms with Crippen molar-refractivity contribution in [3.8, 4) is 5.75 Å². The van der Waals surface area contributed by atoms with Crippen LogP contribution in [0, 0.1) is 0 Å². The van der Waals surface area contributed by atoms with E-state index in [2.05, 4.69) is 6.58 Å². The Morgan fingerprint density at radius 2 is 2.46 bits per heavy atom. The first kappa shape index (κ1) is 8.38. The molecule has 0 amide bonds. The lowest BCUT2D eigenvalue weighted by Crippen LogP contribution is -1.94. The van der Waals surface area contributed by atoms with Crippen LogP contribution in [0.1, 0.15) is 10.4 Å². The van der Waals surface area contributed by atoms with Gasteiger partial charge in [-0.25, -0.2) is 0 Å². The standard InChI is InChI=1S/C10H8O2S/c1-2-8(11)7-4-3-5-9-10(7)13-6-12-9/h2-5H,1,6H2. The fraction of sp³-hybridized carbons (Fsp3) is 0.100. The fourth-order valence-corrected chi connectivity index (χ4v) is 2.13. The smallest absolute Gasteiger partial charge is 0.186 e. The maximum absolute atomic E-state index is 11.4. The van der Waals surface area contributed by atoms with E-state index in [1.54, 1.807) is 17.8 Å². The second-order valence-corrected chi connectivity index (χ2v) is 3.54. The van der Waals surface area contributed by atoms with Gasteiger partial charge >= 0.3 is 0 Å². The quantitative estimate of drug-likeness (QED) is 0.532. The van der Waals surface area contributed by atoms with E-state index in [1.807, 2.05) is 12.1 Å². The highest BCUT2D eigenvalue weighted by molar-refractivity contribution is 7.99. The number of ketones is 1. The Morgan fingerprint density at radius 3 is 3.23 bits per heavy atom. The predicted molar refractivity (Wildman–Crippen MR) is 52.3 cm³/mol. The molecular weight excluding hydrogens is 184 g/mol. The van der Waals surface area contributed by atoms with Gasteiger partial charge in [-0.1, -0.05) is 24.4 Å². The summed E-state index contributed by atoms with van der Waals surface area (Å²) < 4.78 is 5.31. The van der Waals surface area contributed by atoms with Crippen molar-refractivity contribution in [2.24, 2.45) is 0 Å². The molecule has 1 aliphatic rings. The van der Waals surface area contributed by atoms with E-state index in [-0.39, 0.29) is 5.78 Å². The summed E-state index contributed by atoms with van der Waals surface area (Å²) >= 11 is 1.55. The molecule has 13 heavy (non-hydrogen) atoms. The van der Waals surface area contributed by atoms with Crippen LogP contribution in [-0.2, 0) is 0 Å². The van der Waals surface area contributed by atoms with Crippen molar-refractivity contribution in [2.75, 3.05) is 5.94 Å². The highest BCUT2D eigenvalue weighted by atomic mass is 32.2. The minimum absolute atomic E-state index is 0.0464. The molecule has 0 N–H and O–H groups in total. The molecule has 1 aromatic carbocycles. The van der Waals surface area contributed by atoms with Gasteiger partial charge in [0.1, 0.15) is 11.7 Å². The zero-order valence-corrected chi connectivity index (χ0v) is 7.76. The molecule has 1 aromatic rings. The minimum Gasteiger partial charge on any atom is -0.481 e. The van der Waals surface area contributed by atoms with Crippen molar-refractivity contribution in [1.29, 1.82) is 0 Å². The van der Waals surface area contributed by atoms with Crippen LogP contribution in [0.4, 0.5) is 0 Å². The molecule has 0 bridgehead atoms. The SMILES string of the molecule is C=CC(=O)c1cccc2c1SCO2. The molecule has 0 radical (unpaired) electrons. The first-order chi connectivity index (χ1) is 6.33. The Morgan fingerprint density at radius 1 is 1.62 bits per heavy atom. The summed E-state index contributed by atoms with van der Waals surface area (Å²) in [5, 5.41) is 0. The second kappa shape index (κ2) is 3.26. The Kier molecular flexibility index (Phi) is 2.10. The topological polar surface area (TPSA) is 26.3 Å². The highest BCUT2D eigenvalue weighted by Gasteiger charge is 2.18. The normalized spacial score (nSPS) is 13.2. The molecule has 2 nitrogen and oxygen atoms in total. The summed E-state index contributed by atoms with van der Waals surface area (Å²) in [5.74, 6) is 1.35. The molecule has 1 aliphatic heterocycles. The molecule has 3 heteroatoms. The van der Waals surface area contributed by atoms with Gasteiger partial charge in [-0.05, 0) is 18.2 Å². The molecule has 0 aromatic heterocycles. The van der Waals surface area contributed by atoms with E-state index < -0.39 is 0 Å². The first-order valence-electron chi connectivity index (χ1n) is 3.88. The van der Waals surface area contributed by atoms with Crippen molar-refractivity contribution in [2.45, 2.75) is 4.90 Å². The zero-order valence-electron chi connectivity index (χ0n) is 6.95. The number of thioether (sulfide) groups is 1. The number of benzene rings is 1. The molecule has 1 heterocycles. The van der Waals surface area contributed by atoms with Crippen LogP contribution in [-0.4, -0.2) is 11.7 Å². The van der Waals surface area contributed by atoms with Gasteiger partial charge in [-0.3, -0.25) is 4.79 Å². The van der Waals surface area contributed by atoms with Crippen molar-refractivity contribution in [3.05, 3.63) is 36.4 Å². The van der Waals surface area contributed by atoms with Crippen molar-refractivity contribution in [1.82, 2.24) is 0 Å². The monoisotopic (exact) mass is 192 g/mol. The molecule has 0 aliphatic carbocycles. The van der Waals surface area contributed by atoms with Gasteiger partial charge < -0.3 is 4.74 Å². The van der Waals surface area contributed by atoms with Crippen LogP contribution in [0.15, 0.2) is 35.7 Å². The third-order valence-electron chi connectivity index (χ3n) is 1.85. The lowest BCUT2D eigenvalue weighted by molar-refractivity contribution is 0.104. The van der Waals surface area contributed by atoms with Gasteiger partial charge in [0, 0.05) is 5.56 Å². The third kappa shape index (κ3) is 1.35. The van der Waals surface area contributed by atoms with Gasteiger partial charge in [-0.2, -0.15) is 0 Å². The average molecular weight is 192 g/mol. The maximum Gasteiger partial charge on any atom is 0.186 e. The van der Waals surface area contributed by atoms with Gasteiger partial charge in [0.25, 0.3) is 0 Å². The Hall–Kier alpha value is -1.22. The number of ether oxygens (including phenoxy) is 1. The van der Waals surface area contributed by atoms with Crippen molar-refractivity contribution >= 4 is 17.5 Å². The Bertz CT molecular complexity index is 371. The summed E-state index contributed by atoms with van der Waals surface area (Å²) in [4.78, 5) is 12.3. The van der Waals surface area contributed by atoms with Crippen LogP contribution in [0.2, 0.25) is 0 Å². The van der Waals surface area contributed by atoms with E-state index >= 15 is 0 Å². The largest absolute Gasteiger partial charge is 0.481 e. The lowest BCUT2D eigenvalue weighted by Gasteiger charge is -2.01. The number of carbonyl (C=O) groups is 1. The summed E-state index contributed by atoms with van der Waals surface area (Å²) in [5.41, 5.74) is 0.690. The van der Waals surface area contributed by atoms with E-state index in [0.717, 1.165) is 10.6 Å². The van der Waals surface area contributed by atoms with E-state index in [4.69, 9.17) is 4.74 Å². The summed E-state index contributed by atoms with van der Waals surface area (Å²) in [7, 11) is 0. The summed E-state index contributed by atoms with van der Waals surface area (Å²) in [6.45, 7) is 3.46. The predicted octanol–water partition coefficient (Wildman–Crippen LogP) is 2.50. The average Bonchev–Trinajstić information content (AvgIpc) is 2.63. The second-order valence-electron chi connectivity index (χ2n) is 2.61. The van der Waals surface area contributed by atoms with Crippen LogP contribution in [0.25, 0.3) is 0 Å². The lowest BCUT2D eigenvalue weighted by atomic mass is 10.1. The van der Waals surface area contributed by atoms with Crippen LogP contribution in [0.3, 0.4) is 0 Å². The van der Waals surface area contributed by atoms with Crippen LogP contribution < -0.4 is 4.74 Å². The molecule has 0 saturated heterocycles. The molecular formula is C10H8O2S. The maximum atomic E-state index is 11.4. The van der Waals surface area contributed by atoms with E-state index in [9.17, 15) is 4.79 Å². The third-order valence-corrected chi connectivity index (χ3v) is 2.79. The summed E-state index contributed by atoms with van der Waals surface area (Å²) in [6.07, 6.45) is 1.33. The molecule has 66 valence electrons. The van der Waals surface area contributed by atoms with Crippen molar-refractivity contribution < 1.29 is 9.53 Å². The fourth-order valence-electron chi connectivity index (χ4n) is 1.23.